The lowest BCUT2D eigenvalue weighted by Gasteiger charge is -2.25. The third kappa shape index (κ3) is 4.31. The van der Waals surface area contributed by atoms with Crippen molar-refractivity contribution in [3.63, 3.8) is 0 Å². The molecule has 0 fully saturated rings. The van der Waals surface area contributed by atoms with Gasteiger partial charge in [-0.1, -0.05) is 44.0 Å². The van der Waals surface area contributed by atoms with Crippen LogP contribution in [0.5, 0.6) is 0 Å². The molecule has 1 aromatic carbocycles. The first-order chi connectivity index (χ1) is 7.99. The molecule has 4 heteroatoms. The highest BCUT2D eigenvalue weighted by Gasteiger charge is 2.33. The standard InChI is InChI=1S/C14H21NO2.ClH/c1-3-4-9-14(15,13(16)17)10-12-8-6-5-7-11(12)2;/h5-8H,3-4,9-10,15H2,1-2H3,(H,16,17);1H/t14-;/m1./s1. The molecule has 0 heterocycles. The molecule has 0 unspecified atom stereocenters. The van der Waals surface area contributed by atoms with E-state index in [1.165, 1.54) is 0 Å². The molecule has 18 heavy (non-hydrogen) atoms. The highest BCUT2D eigenvalue weighted by Crippen LogP contribution is 2.20. The number of carboxylic acids is 1. The number of hydrogen-bond acceptors (Lipinski definition) is 2. The third-order valence-corrected chi connectivity index (χ3v) is 3.17. The normalized spacial score (nSPS) is 13.5. The summed E-state index contributed by atoms with van der Waals surface area (Å²) in [5, 5.41) is 9.29. The van der Waals surface area contributed by atoms with Crippen LogP contribution < -0.4 is 5.73 Å². The van der Waals surface area contributed by atoms with Gasteiger partial charge in [-0.3, -0.25) is 4.79 Å². The van der Waals surface area contributed by atoms with Gasteiger partial charge in [-0.05, 0) is 24.5 Å². The summed E-state index contributed by atoms with van der Waals surface area (Å²) in [4.78, 5) is 11.3. The van der Waals surface area contributed by atoms with Gasteiger partial charge in [0.1, 0.15) is 5.54 Å². The van der Waals surface area contributed by atoms with E-state index in [4.69, 9.17) is 5.73 Å². The maximum atomic E-state index is 11.3. The number of benzene rings is 1. The first kappa shape index (κ1) is 16.9. The Morgan fingerprint density at radius 2 is 2.00 bits per heavy atom. The fourth-order valence-electron chi connectivity index (χ4n) is 1.91. The zero-order valence-electron chi connectivity index (χ0n) is 11.0. The number of unbranched alkanes of at least 4 members (excludes halogenated alkanes) is 1. The molecule has 0 saturated carbocycles. The first-order valence-electron chi connectivity index (χ1n) is 6.06. The van der Waals surface area contributed by atoms with E-state index >= 15 is 0 Å². The van der Waals surface area contributed by atoms with Crippen molar-refractivity contribution in [2.75, 3.05) is 0 Å². The summed E-state index contributed by atoms with van der Waals surface area (Å²) in [6.45, 7) is 4.02. The molecule has 1 atom stereocenters. The Balaban J connectivity index is 0.00000289. The second kappa shape index (κ2) is 7.39. The Morgan fingerprint density at radius 1 is 1.39 bits per heavy atom. The fourth-order valence-corrected chi connectivity index (χ4v) is 1.91. The molecule has 3 nitrogen and oxygen atoms in total. The van der Waals surface area contributed by atoms with Gasteiger partial charge in [0.25, 0.3) is 0 Å². The van der Waals surface area contributed by atoms with Gasteiger partial charge in [-0.15, -0.1) is 12.4 Å². The quantitative estimate of drug-likeness (QED) is 0.836. The molecule has 0 aromatic heterocycles. The summed E-state index contributed by atoms with van der Waals surface area (Å²) < 4.78 is 0. The molecule has 0 spiro atoms. The third-order valence-electron chi connectivity index (χ3n) is 3.17. The molecule has 102 valence electrons. The lowest BCUT2D eigenvalue weighted by molar-refractivity contribution is -0.143. The fraction of sp³-hybridized carbons (Fsp3) is 0.500. The molecule has 0 aliphatic carbocycles. The molecule has 3 N–H and O–H groups in total. The van der Waals surface area contributed by atoms with Crippen LogP contribution in [0.15, 0.2) is 24.3 Å². The smallest absolute Gasteiger partial charge is 0.324 e. The minimum absolute atomic E-state index is 0. The van der Waals surface area contributed by atoms with Crippen LogP contribution in [-0.4, -0.2) is 16.6 Å². The average Bonchev–Trinajstić information content (AvgIpc) is 2.29. The Kier molecular flexibility index (Phi) is 6.96. The Hall–Kier alpha value is -1.06. The number of hydrogen-bond donors (Lipinski definition) is 2. The number of aryl methyl sites for hydroxylation is 1. The first-order valence-corrected chi connectivity index (χ1v) is 6.06. The van der Waals surface area contributed by atoms with E-state index in [1.54, 1.807) is 0 Å². The van der Waals surface area contributed by atoms with Crippen LogP contribution in [0.2, 0.25) is 0 Å². The van der Waals surface area contributed by atoms with Gasteiger partial charge in [0.05, 0.1) is 0 Å². The molecule has 0 radical (unpaired) electrons. The van der Waals surface area contributed by atoms with Crippen LogP contribution in [0, 0.1) is 6.92 Å². The Morgan fingerprint density at radius 3 is 2.50 bits per heavy atom. The van der Waals surface area contributed by atoms with Crippen LogP contribution >= 0.6 is 12.4 Å². The van der Waals surface area contributed by atoms with Gasteiger partial charge in [-0.2, -0.15) is 0 Å². The predicted molar refractivity (Wildman–Crippen MR) is 76.2 cm³/mol. The molecular weight excluding hydrogens is 250 g/mol. The highest BCUT2D eigenvalue weighted by atomic mass is 35.5. The van der Waals surface area contributed by atoms with E-state index in [0.29, 0.717) is 12.8 Å². The van der Waals surface area contributed by atoms with Gasteiger partial charge in [0, 0.05) is 6.42 Å². The Bertz CT molecular complexity index is 395. The lowest BCUT2D eigenvalue weighted by Crippen LogP contribution is -2.50. The molecule has 0 aliphatic heterocycles. The topological polar surface area (TPSA) is 63.3 Å². The highest BCUT2D eigenvalue weighted by molar-refractivity contribution is 5.85. The van der Waals surface area contributed by atoms with Crippen molar-refractivity contribution >= 4 is 18.4 Å². The number of carboxylic acid groups (broad SMARTS) is 1. The number of aliphatic carboxylic acids is 1. The molecule has 0 amide bonds. The van der Waals surface area contributed by atoms with Crippen molar-refractivity contribution in [3.8, 4) is 0 Å². The van der Waals surface area contributed by atoms with Gasteiger partial charge in [0.15, 0.2) is 0 Å². The van der Waals surface area contributed by atoms with Crippen LogP contribution in [-0.2, 0) is 11.2 Å². The van der Waals surface area contributed by atoms with Crippen LogP contribution in [0.1, 0.15) is 37.3 Å². The number of carbonyl (C=O) groups is 1. The molecular formula is C14H22ClNO2. The number of rotatable bonds is 6. The van der Waals surface area contributed by atoms with E-state index < -0.39 is 11.5 Å². The van der Waals surface area contributed by atoms with Gasteiger partial charge in [0.2, 0.25) is 0 Å². The second-order valence-corrected chi connectivity index (χ2v) is 4.67. The van der Waals surface area contributed by atoms with Crippen molar-refractivity contribution in [2.45, 2.75) is 45.1 Å². The molecule has 1 rings (SSSR count). The summed E-state index contributed by atoms with van der Waals surface area (Å²) in [7, 11) is 0. The van der Waals surface area contributed by atoms with Crippen molar-refractivity contribution in [2.24, 2.45) is 5.73 Å². The second-order valence-electron chi connectivity index (χ2n) is 4.67. The summed E-state index contributed by atoms with van der Waals surface area (Å²) in [6, 6.07) is 7.80. The minimum atomic E-state index is -1.14. The largest absolute Gasteiger partial charge is 0.480 e. The number of nitrogens with two attached hydrogens (primary N) is 1. The van der Waals surface area contributed by atoms with E-state index in [9.17, 15) is 9.90 Å². The predicted octanol–water partition coefficient (Wildman–Crippen LogP) is 2.93. The van der Waals surface area contributed by atoms with E-state index in [-0.39, 0.29) is 12.4 Å². The number of halogens is 1. The van der Waals surface area contributed by atoms with Crippen molar-refractivity contribution in [1.82, 2.24) is 0 Å². The minimum Gasteiger partial charge on any atom is -0.480 e. The van der Waals surface area contributed by atoms with E-state index in [1.807, 2.05) is 38.1 Å². The SMILES string of the molecule is CCCC[C@@](N)(Cc1ccccc1C)C(=O)O.Cl. The van der Waals surface area contributed by atoms with Crippen LogP contribution in [0.4, 0.5) is 0 Å². The zero-order chi connectivity index (χ0) is 12.9. The lowest BCUT2D eigenvalue weighted by atomic mass is 9.85. The maximum Gasteiger partial charge on any atom is 0.324 e. The van der Waals surface area contributed by atoms with E-state index in [0.717, 1.165) is 24.0 Å². The summed E-state index contributed by atoms with van der Waals surface area (Å²) in [5.74, 6) is -0.908. The zero-order valence-corrected chi connectivity index (χ0v) is 11.8. The Labute approximate surface area is 115 Å². The van der Waals surface area contributed by atoms with Crippen molar-refractivity contribution < 1.29 is 9.90 Å². The summed E-state index contributed by atoms with van der Waals surface area (Å²) in [6.07, 6.45) is 2.72. The van der Waals surface area contributed by atoms with Crippen LogP contribution in [0.3, 0.4) is 0 Å². The molecule has 0 saturated heterocycles. The van der Waals surface area contributed by atoms with Gasteiger partial charge in [-0.25, -0.2) is 0 Å². The molecule has 1 aromatic rings. The maximum absolute atomic E-state index is 11.3. The van der Waals surface area contributed by atoms with Gasteiger partial charge >= 0.3 is 5.97 Å². The molecule has 0 bridgehead atoms. The summed E-state index contributed by atoms with van der Waals surface area (Å²) in [5.41, 5.74) is 7.01. The summed E-state index contributed by atoms with van der Waals surface area (Å²) >= 11 is 0. The van der Waals surface area contributed by atoms with Crippen molar-refractivity contribution in [1.29, 1.82) is 0 Å². The average molecular weight is 272 g/mol. The van der Waals surface area contributed by atoms with Crippen LogP contribution in [0.25, 0.3) is 0 Å². The molecule has 0 aliphatic rings. The van der Waals surface area contributed by atoms with Gasteiger partial charge < -0.3 is 10.8 Å². The van der Waals surface area contributed by atoms with Crippen molar-refractivity contribution in [3.05, 3.63) is 35.4 Å². The monoisotopic (exact) mass is 271 g/mol. The van der Waals surface area contributed by atoms with E-state index in [2.05, 4.69) is 0 Å².